The van der Waals surface area contributed by atoms with Crippen LogP contribution in [-0.2, 0) is 0 Å². The summed E-state index contributed by atoms with van der Waals surface area (Å²) in [6.07, 6.45) is 0. The molecule has 0 aliphatic carbocycles. The van der Waals surface area contributed by atoms with Gasteiger partial charge in [0.25, 0.3) is 0 Å². The molecule has 0 aliphatic rings. The van der Waals surface area contributed by atoms with Gasteiger partial charge in [0.15, 0.2) is 5.82 Å². The molecule has 0 heterocycles. The summed E-state index contributed by atoms with van der Waals surface area (Å²) in [5.74, 6) is -1.58. The molecule has 0 N–H and O–H groups in total. The third-order valence-corrected chi connectivity index (χ3v) is 1.30. The highest BCUT2D eigenvalue weighted by Crippen LogP contribution is 2.13. The van der Waals surface area contributed by atoms with E-state index in [9.17, 15) is 8.78 Å². The van der Waals surface area contributed by atoms with E-state index in [-0.39, 0.29) is 11.2 Å². The first-order chi connectivity index (χ1) is 5.16. The summed E-state index contributed by atoms with van der Waals surface area (Å²) in [6.45, 7) is 0. The van der Waals surface area contributed by atoms with E-state index < -0.39 is 11.6 Å². The van der Waals surface area contributed by atoms with Crippen LogP contribution in [0, 0.1) is 11.6 Å². The Morgan fingerprint density at radius 3 is 2.27 bits per heavy atom. The number of rotatable bonds is 1. The van der Waals surface area contributed by atoms with Crippen molar-refractivity contribution in [3.63, 3.8) is 0 Å². The van der Waals surface area contributed by atoms with E-state index in [2.05, 4.69) is 4.74 Å². The summed E-state index contributed by atoms with van der Waals surface area (Å²) in [5.41, 5.74) is -0.299. The number of hydrogen-bond donors (Lipinski definition) is 0. The largest absolute Gasteiger partial charge is 0.494 e. The maximum atomic E-state index is 12.7. The highest BCUT2D eigenvalue weighted by Gasteiger charge is 2.08. The monoisotopic (exact) mass is 154 g/mol. The second-order valence-electron chi connectivity index (χ2n) is 1.98. The Hall–Kier alpha value is -1.06. The molecule has 0 atom stereocenters. The van der Waals surface area contributed by atoms with Crippen molar-refractivity contribution in [2.45, 2.75) is 0 Å². The van der Waals surface area contributed by atoms with Crippen LogP contribution in [0.25, 0.3) is 0 Å². The lowest BCUT2D eigenvalue weighted by Gasteiger charge is -2.05. The average molecular weight is 154 g/mol. The molecule has 0 unspecified atom stereocenters. The van der Waals surface area contributed by atoms with Crippen molar-refractivity contribution < 1.29 is 13.5 Å². The molecule has 0 fully saturated rings. The highest BCUT2D eigenvalue weighted by molar-refractivity contribution is 6.34. The molecule has 1 aromatic carbocycles. The predicted molar refractivity (Wildman–Crippen MR) is 38.3 cm³/mol. The minimum absolute atomic E-state index is 0.245. The van der Waals surface area contributed by atoms with Gasteiger partial charge in [0.2, 0.25) is 0 Å². The van der Waals surface area contributed by atoms with Crippen LogP contribution >= 0.6 is 0 Å². The molecule has 0 amide bonds. The summed E-state index contributed by atoms with van der Waals surface area (Å²) in [6, 6.07) is 1.91. The molecule has 0 saturated carbocycles. The SMILES string of the molecule is [B]c1c(F)ccc(F)c1OC. The molecular weight excluding hydrogens is 149 g/mol. The van der Waals surface area contributed by atoms with E-state index in [4.69, 9.17) is 7.85 Å². The molecule has 1 nitrogen and oxygen atoms in total. The van der Waals surface area contributed by atoms with Gasteiger partial charge in [-0.25, -0.2) is 8.78 Å². The quantitative estimate of drug-likeness (QED) is 0.542. The predicted octanol–water partition coefficient (Wildman–Crippen LogP) is 0.767. The van der Waals surface area contributed by atoms with Crippen LogP contribution in [0.2, 0.25) is 0 Å². The third kappa shape index (κ3) is 1.34. The summed E-state index contributed by atoms with van der Waals surface area (Å²) < 4.78 is 29.8. The van der Waals surface area contributed by atoms with Gasteiger partial charge in [0, 0.05) is 0 Å². The maximum Gasteiger partial charge on any atom is 0.164 e. The smallest absolute Gasteiger partial charge is 0.164 e. The van der Waals surface area contributed by atoms with Crippen molar-refractivity contribution in [3.05, 3.63) is 23.8 Å². The molecule has 56 valence electrons. The lowest BCUT2D eigenvalue weighted by Crippen LogP contribution is -2.13. The zero-order valence-electron chi connectivity index (χ0n) is 5.90. The molecule has 0 spiro atoms. The van der Waals surface area contributed by atoms with Crippen molar-refractivity contribution >= 4 is 13.3 Å². The molecule has 0 aliphatic heterocycles. The summed E-state index contributed by atoms with van der Waals surface area (Å²) >= 11 is 0. The van der Waals surface area contributed by atoms with Crippen molar-refractivity contribution in [3.8, 4) is 5.75 Å². The molecule has 4 heteroatoms. The minimum Gasteiger partial charge on any atom is -0.494 e. The van der Waals surface area contributed by atoms with Gasteiger partial charge in [-0.15, -0.1) is 0 Å². The Morgan fingerprint density at radius 2 is 1.82 bits per heavy atom. The van der Waals surface area contributed by atoms with E-state index >= 15 is 0 Å². The van der Waals surface area contributed by atoms with Crippen LogP contribution in [0.5, 0.6) is 5.75 Å². The normalized spacial score (nSPS) is 9.73. The van der Waals surface area contributed by atoms with E-state index in [0.29, 0.717) is 0 Å². The number of hydrogen-bond acceptors (Lipinski definition) is 1. The van der Waals surface area contributed by atoms with Gasteiger partial charge in [-0.05, 0) is 17.6 Å². The number of benzene rings is 1. The van der Waals surface area contributed by atoms with Crippen LogP contribution in [-0.4, -0.2) is 15.0 Å². The van der Waals surface area contributed by atoms with E-state index in [1.165, 1.54) is 7.11 Å². The fourth-order valence-electron chi connectivity index (χ4n) is 0.756. The van der Waals surface area contributed by atoms with Gasteiger partial charge >= 0.3 is 0 Å². The van der Waals surface area contributed by atoms with Crippen LogP contribution in [0.15, 0.2) is 12.1 Å². The Balaban J connectivity index is 3.29. The van der Waals surface area contributed by atoms with Crippen molar-refractivity contribution in [1.82, 2.24) is 0 Å². The van der Waals surface area contributed by atoms with E-state index in [1.54, 1.807) is 0 Å². The first-order valence-corrected chi connectivity index (χ1v) is 2.94. The first-order valence-electron chi connectivity index (χ1n) is 2.94. The third-order valence-electron chi connectivity index (χ3n) is 1.30. The number of ether oxygens (including phenoxy) is 1. The van der Waals surface area contributed by atoms with Crippen molar-refractivity contribution in [2.75, 3.05) is 7.11 Å². The Morgan fingerprint density at radius 1 is 1.27 bits per heavy atom. The zero-order valence-corrected chi connectivity index (χ0v) is 5.90. The zero-order chi connectivity index (χ0) is 8.43. The molecule has 0 saturated heterocycles. The van der Waals surface area contributed by atoms with Gasteiger partial charge < -0.3 is 4.74 Å². The molecule has 1 rings (SSSR count). The molecular formula is C7H5BF2O. The number of halogens is 2. The topological polar surface area (TPSA) is 9.23 Å². The Labute approximate surface area is 64.4 Å². The van der Waals surface area contributed by atoms with Crippen LogP contribution < -0.4 is 10.2 Å². The van der Waals surface area contributed by atoms with Crippen molar-refractivity contribution in [2.24, 2.45) is 0 Å². The first kappa shape index (κ1) is 8.05. The van der Waals surface area contributed by atoms with Crippen molar-refractivity contribution in [1.29, 1.82) is 0 Å². The van der Waals surface area contributed by atoms with Gasteiger partial charge in [0.1, 0.15) is 19.4 Å². The van der Waals surface area contributed by atoms with E-state index in [0.717, 1.165) is 12.1 Å². The van der Waals surface area contributed by atoms with Crippen LogP contribution in [0.1, 0.15) is 0 Å². The van der Waals surface area contributed by atoms with E-state index in [1.807, 2.05) is 0 Å². The molecule has 0 aromatic heterocycles. The van der Waals surface area contributed by atoms with Gasteiger partial charge in [0.05, 0.1) is 7.11 Å². The summed E-state index contributed by atoms with van der Waals surface area (Å²) in [5, 5.41) is 0. The molecule has 2 radical (unpaired) electrons. The highest BCUT2D eigenvalue weighted by atomic mass is 19.1. The summed E-state index contributed by atoms with van der Waals surface area (Å²) in [7, 11) is 6.38. The second kappa shape index (κ2) is 2.90. The average Bonchev–Trinajstić information content (AvgIpc) is 1.99. The molecule has 0 bridgehead atoms. The lowest BCUT2D eigenvalue weighted by atomic mass is 9.94. The van der Waals surface area contributed by atoms with Gasteiger partial charge in [-0.2, -0.15) is 0 Å². The fourth-order valence-corrected chi connectivity index (χ4v) is 0.756. The second-order valence-corrected chi connectivity index (χ2v) is 1.98. The molecule has 11 heavy (non-hydrogen) atoms. The lowest BCUT2D eigenvalue weighted by molar-refractivity contribution is 0.387. The Kier molecular flexibility index (Phi) is 2.12. The van der Waals surface area contributed by atoms with Gasteiger partial charge in [-0.1, -0.05) is 0 Å². The van der Waals surface area contributed by atoms with Gasteiger partial charge in [-0.3, -0.25) is 0 Å². The minimum atomic E-state index is -0.678. The Bertz CT molecular complexity index is 275. The maximum absolute atomic E-state index is 12.7. The fraction of sp³-hybridized carbons (Fsp3) is 0.143. The summed E-state index contributed by atoms with van der Waals surface area (Å²) in [4.78, 5) is 0. The molecule has 1 aromatic rings. The number of methoxy groups -OCH3 is 1. The van der Waals surface area contributed by atoms with Crippen LogP contribution in [0.4, 0.5) is 8.78 Å². The standard InChI is InChI=1S/C7H5BF2O/c1-11-7-5(10)3-2-4(9)6(7)8/h2-3H,1H3. The van der Waals surface area contributed by atoms with Crippen LogP contribution in [0.3, 0.4) is 0 Å².